The molecule has 2 rings (SSSR count). The lowest BCUT2D eigenvalue weighted by atomic mass is 10.2. The molecule has 0 saturated carbocycles. The molecule has 1 atom stereocenters. The van der Waals surface area contributed by atoms with Gasteiger partial charge in [-0.2, -0.15) is 15.1 Å². The van der Waals surface area contributed by atoms with E-state index in [1.54, 1.807) is 6.20 Å². The molecule has 2 heterocycles. The van der Waals surface area contributed by atoms with Gasteiger partial charge in [0.25, 0.3) is 0 Å². The van der Waals surface area contributed by atoms with Crippen molar-refractivity contribution in [2.75, 3.05) is 37.3 Å². The number of H-pyrrole nitrogens is 1. The molecular weight excluding hydrogens is 266 g/mol. The van der Waals surface area contributed by atoms with E-state index in [-0.39, 0.29) is 0 Å². The van der Waals surface area contributed by atoms with E-state index in [2.05, 4.69) is 56.6 Å². The van der Waals surface area contributed by atoms with Gasteiger partial charge in [0.15, 0.2) is 5.65 Å². The minimum Gasteiger partial charge on any atom is -0.368 e. The monoisotopic (exact) mass is 291 g/mol. The topological polar surface area (TPSA) is 81.8 Å². The Morgan fingerprint density at radius 3 is 2.81 bits per heavy atom. The van der Waals surface area contributed by atoms with E-state index in [9.17, 15) is 0 Å². The molecule has 0 fully saturated rings. The quantitative estimate of drug-likeness (QED) is 0.689. The number of likely N-dealkylation sites (N-methyl/N-ethyl adjacent to an activating group) is 1. The van der Waals surface area contributed by atoms with Crippen molar-refractivity contribution in [3.05, 3.63) is 6.20 Å². The van der Waals surface area contributed by atoms with E-state index in [1.807, 2.05) is 6.92 Å². The molecule has 1 unspecified atom stereocenters. The average molecular weight is 291 g/mol. The van der Waals surface area contributed by atoms with Crippen molar-refractivity contribution >= 4 is 22.8 Å². The van der Waals surface area contributed by atoms with Gasteiger partial charge in [-0.1, -0.05) is 6.92 Å². The van der Waals surface area contributed by atoms with Crippen LogP contribution in [0.2, 0.25) is 0 Å². The van der Waals surface area contributed by atoms with Crippen molar-refractivity contribution in [2.45, 2.75) is 33.2 Å². The van der Waals surface area contributed by atoms with Crippen molar-refractivity contribution < 1.29 is 0 Å². The molecule has 0 spiro atoms. The lowest BCUT2D eigenvalue weighted by Crippen LogP contribution is -2.32. The van der Waals surface area contributed by atoms with Crippen LogP contribution >= 0.6 is 0 Å². The summed E-state index contributed by atoms with van der Waals surface area (Å²) in [5, 5.41) is 14.4. The van der Waals surface area contributed by atoms with Gasteiger partial charge in [0, 0.05) is 25.7 Å². The van der Waals surface area contributed by atoms with Gasteiger partial charge < -0.3 is 15.5 Å². The number of hydrogen-bond acceptors (Lipinski definition) is 6. The highest BCUT2D eigenvalue weighted by Gasteiger charge is 2.10. The summed E-state index contributed by atoms with van der Waals surface area (Å²) in [6.07, 6.45) is 2.91. The Morgan fingerprint density at radius 1 is 1.29 bits per heavy atom. The maximum atomic E-state index is 4.51. The number of nitrogens with zero attached hydrogens (tertiary/aromatic N) is 4. The van der Waals surface area contributed by atoms with Crippen LogP contribution in [0.4, 0.5) is 11.8 Å². The van der Waals surface area contributed by atoms with E-state index >= 15 is 0 Å². The SMILES string of the molecule is CCNc1nc(NCCN(C)C(C)CC)c2cn[nH]c2n1. The fraction of sp³-hybridized carbons (Fsp3) is 0.643. The van der Waals surface area contributed by atoms with E-state index < -0.39 is 0 Å². The first kappa shape index (κ1) is 15.5. The molecule has 0 aliphatic heterocycles. The van der Waals surface area contributed by atoms with Crippen LogP contribution in [0.3, 0.4) is 0 Å². The maximum absolute atomic E-state index is 4.51. The largest absolute Gasteiger partial charge is 0.368 e. The first-order chi connectivity index (χ1) is 10.2. The zero-order valence-corrected chi connectivity index (χ0v) is 13.3. The molecule has 0 aliphatic rings. The van der Waals surface area contributed by atoms with Crippen LogP contribution < -0.4 is 10.6 Å². The number of aromatic nitrogens is 4. The summed E-state index contributed by atoms with van der Waals surface area (Å²) in [5.74, 6) is 1.44. The van der Waals surface area contributed by atoms with Gasteiger partial charge in [-0.05, 0) is 27.3 Å². The predicted octanol–water partition coefficient (Wildman–Crippen LogP) is 1.93. The second-order valence-corrected chi connectivity index (χ2v) is 5.22. The van der Waals surface area contributed by atoms with Crippen LogP contribution in [-0.2, 0) is 0 Å². The number of hydrogen-bond donors (Lipinski definition) is 3. The maximum Gasteiger partial charge on any atom is 0.226 e. The minimum atomic E-state index is 0.587. The number of nitrogens with one attached hydrogen (secondary N) is 3. The second-order valence-electron chi connectivity index (χ2n) is 5.22. The Morgan fingerprint density at radius 2 is 2.10 bits per heavy atom. The summed E-state index contributed by atoms with van der Waals surface area (Å²) in [5.41, 5.74) is 0.749. The Kier molecular flexibility index (Phi) is 5.32. The van der Waals surface area contributed by atoms with Gasteiger partial charge in [0.05, 0.1) is 11.6 Å². The van der Waals surface area contributed by atoms with Crippen molar-refractivity contribution in [1.29, 1.82) is 0 Å². The molecule has 7 heteroatoms. The summed E-state index contributed by atoms with van der Waals surface area (Å²) in [6.45, 7) is 9.06. The van der Waals surface area contributed by atoms with Gasteiger partial charge in [0.2, 0.25) is 5.95 Å². The van der Waals surface area contributed by atoms with Crippen LogP contribution in [0, 0.1) is 0 Å². The summed E-state index contributed by atoms with van der Waals surface area (Å²) in [6, 6.07) is 0.587. The Bertz CT molecular complexity index is 565. The standard InChI is InChI=1S/C14H25N7/c1-5-10(3)21(4)8-7-16-12-11-9-17-20-13(11)19-14(18-12)15-6-2/h9-10H,5-8H2,1-4H3,(H3,15,16,17,18,19,20). The van der Waals surface area contributed by atoms with E-state index in [0.29, 0.717) is 12.0 Å². The zero-order valence-electron chi connectivity index (χ0n) is 13.3. The van der Waals surface area contributed by atoms with Crippen molar-refractivity contribution in [1.82, 2.24) is 25.1 Å². The molecular formula is C14H25N7. The molecule has 2 aromatic rings. The first-order valence-electron chi connectivity index (χ1n) is 7.54. The minimum absolute atomic E-state index is 0.587. The van der Waals surface area contributed by atoms with Crippen molar-refractivity contribution in [3.8, 4) is 0 Å². The highest BCUT2D eigenvalue weighted by atomic mass is 15.2. The summed E-state index contributed by atoms with van der Waals surface area (Å²) >= 11 is 0. The molecule has 21 heavy (non-hydrogen) atoms. The second kappa shape index (κ2) is 7.21. The first-order valence-corrected chi connectivity index (χ1v) is 7.54. The van der Waals surface area contributed by atoms with Crippen LogP contribution in [0.1, 0.15) is 27.2 Å². The van der Waals surface area contributed by atoms with Crippen molar-refractivity contribution in [2.24, 2.45) is 0 Å². The van der Waals surface area contributed by atoms with Gasteiger partial charge in [0.1, 0.15) is 5.82 Å². The Labute approximate surface area is 125 Å². The lowest BCUT2D eigenvalue weighted by Gasteiger charge is -2.23. The highest BCUT2D eigenvalue weighted by molar-refractivity contribution is 5.86. The Balaban J connectivity index is 2.05. The predicted molar refractivity (Wildman–Crippen MR) is 86.7 cm³/mol. The molecule has 116 valence electrons. The van der Waals surface area contributed by atoms with Gasteiger partial charge in [-0.3, -0.25) is 5.10 Å². The number of aromatic amines is 1. The van der Waals surface area contributed by atoms with Crippen LogP contribution in [0.15, 0.2) is 6.20 Å². The average Bonchev–Trinajstić information content (AvgIpc) is 2.95. The fourth-order valence-electron chi connectivity index (χ4n) is 2.09. The van der Waals surface area contributed by atoms with E-state index in [1.165, 1.54) is 0 Å². The smallest absolute Gasteiger partial charge is 0.226 e. The molecule has 0 bridgehead atoms. The van der Waals surface area contributed by atoms with Gasteiger partial charge >= 0.3 is 0 Å². The number of fused-ring (bicyclic) bond motifs is 1. The van der Waals surface area contributed by atoms with Gasteiger partial charge in [-0.25, -0.2) is 0 Å². The Hall–Kier alpha value is -1.89. The molecule has 7 nitrogen and oxygen atoms in total. The molecule has 3 N–H and O–H groups in total. The van der Waals surface area contributed by atoms with Crippen LogP contribution in [0.25, 0.3) is 11.0 Å². The molecule has 0 radical (unpaired) electrons. The summed E-state index contributed by atoms with van der Waals surface area (Å²) in [4.78, 5) is 11.2. The van der Waals surface area contributed by atoms with E-state index in [4.69, 9.17) is 0 Å². The summed E-state index contributed by atoms with van der Waals surface area (Å²) < 4.78 is 0. The number of anilines is 2. The highest BCUT2D eigenvalue weighted by Crippen LogP contribution is 2.19. The van der Waals surface area contributed by atoms with E-state index in [0.717, 1.165) is 42.9 Å². The molecule has 2 aromatic heterocycles. The molecule has 0 saturated heterocycles. The third kappa shape index (κ3) is 3.81. The van der Waals surface area contributed by atoms with Crippen molar-refractivity contribution in [3.63, 3.8) is 0 Å². The third-order valence-electron chi connectivity index (χ3n) is 3.74. The molecule has 0 aliphatic carbocycles. The molecule has 0 aromatic carbocycles. The third-order valence-corrected chi connectivity index (χ3v) is 3.74. The molecule has 0 amide bonds. The fourth-order valence-corrected chi connectivity index (χ4v) is 2.09. The summed E-state index contributed by atoms with van der Waals surface area (Å²) in [7, 11) is 2.15. The number of rotatable bonds is 8. The van der Waals surface area contributed by atoms with Crippen LogP contribution in [0.5, 0.6) is 0 Å². The van der Waals surface area contributed by atoms with Crippen LogP contribution in [-0.4, -0.2) is 57.8 Å². The lowest BCUT2D eigenvalue weighted by molar-refractivity contribution is 0.261. The normalized spacial score (nSPS) is 12.8. The zero-order chi connectivity index (χ0) is 15.2. The van der Waals surface area contributed by atoms with Gasteiger partial charge in [-0.15, -0.1) is 0 Å².